The number of nitrogens with zero attached hydrogens (tertiary/aromatic N) is 3. The van der Waals surface area contributed by atoms with Crippen LogP contribution >= 0.6 is 0 Å². The van der Waals surface area contributed by atoms with Crippen LogP contribution in [0.2, 0.25) is 0 Å². The number of amides is 2. The molecule has 0 radical (unpaired) electrons. The summed E-state index contributed by atoms with van der Waals surface area (Å²) in [5.74, 6) is 0.697. The molecule has 0 unspecified atom stereocenters. The SMILES string of the molecule is CCN(CC)CCNC(=O)CCC(=O)Nc1ccc2nc(N3CCOCC3)cc(C)c2c1. The van der Waals surface area contributed by atoms with Crippen LogP contribution in [0.4, 0.5) is 11.5 Å². The van der Waals surface area contributed by atoms with Crippen molar-refractivity contribution in [2.45, 2.75) is 33.6 Å². The molecule has 0 spiro atoms. The smallest absolute Gasteiger partial charge is 0.224 e. The van der Waals surface area contributed by atoms with Gasteiger partial charge in [-0.2, -0.15) is 0 Å². The van der Waals surface area contributed by atoms with Gasteiger partial charge in [0.1, 0.15) is 5.82 Å². The van der Waals surface area contributed by atoms with Crippen molar-refractivity contribution in [2.75, 3.05) is 62.7 Å². The molecule has 1 saturated heterocycles. The molecule has 8 heteroatoms. The Hall–Kier alpha value is -2.71. The minimum Gasteiger partial charge on any atom is -0.378 e. The monoisotopic (exact) mass is 441 g/mol. The molecule has 174 valence electrons. The van der Waals surface area contributed by atoms with Crippen LogP contribution in [0, 0.1) is 6.92 Å². The first kappa shape index (κ1) is 23.9. The van der Waals surface area contributed by atoms with Crippen LogP contribution in [0.25, 0.3) is 10.9 Å². The number of carbonyl (C=O) groups is 2. The second-order valence-corrected chi connectivity index (χ2v) is 8.05. The molecule has 8 nitrogen and oxygen atoms in total. The van der Waals surface area contributed by atoms with Crippen molar-refractivity contribution < 1.29 is 14.3 Å². The zero-order chi connectivity index (χ0) is 22.9. The van der Waals surface area contributed by atoms with E-state index in [2.05, 4.69) is 47.3 Å². The molecule has 2 amide bonds. The fraction of sp³-hybridized carbons (Fsp3) is 0.542. The summed E-state index contributed by atoms with van der Waals surface area (Å²) in [5.41, 5.74) is 2.73. The van der Waals surface area contributed by atoms with E-state index in [1.165, 1.54) is 0 Å². The van der Waals surface area contributed by atoms with Crippen LogP contribution in [0.1, 0.15) is 32.3 Å². The maximum atomic E-state index is 12.3. The Bertz CT molecular complexity index is 923. The van der Waals surface area contributed by atoms with Gasteiger partial charge in [0.05, 0.1) is 18.7 Å². The lowest BCUT2D eigenvalue weighted by atomic mass is 10.1. The fourth-order valence-electron chi connectivity index (χ4n) is 3.84. The van der Waals surface area contributed by atoms with Crippen molar-refractivity contribution in [3.8, 4) is 0 Å². The Kier molecular flexibility index (Phi) is 8.81. The molecule has 2 aromatic rings. The molecule has 1 fully saturated rings. The number of ether oxygens (including phenoxy) is 1. The molecular weight excluding hydrogens is 406 g/mol. The third-order valence-corrected chi connectivity index (χ3v) is 5.84. The molecule has 0 bridgehead atoms. The molecule has 0 atom stereocenters. The van der Waals surface area contributed by atoms with E-state index in [9.17, 15) is 9.59 Å². The normalized spacial score (nSPS) is 14.1. The maximum Gasteiger partial charge on any atom is 0.224 e. The van der Waals surface area contributed by atoms with Crippen molar-refractivity contribution in [1.82, 2.24) is 15.2 Å². The van der Waals surface area contributed by atoms with Crippen molar-refractivity contribution in [3.05, 3.63) is 29.8 Å². The molecule has 2 N–H and O–H groups in total. The number of morpholine rings is 1. The average molecular weight is 442 g/mol. The summed E-state index contributed by atoms with van der Waals surface area (Å²) in [7, 11) is 0. The van der Waals surface area contributed by atoms with Crippen molar-refractivity contribution in [3.63, 3.8) is 0 Å². The topological polar surface area (TPSA) is 86.8 Å². The third kappa shape index (κ3) is 6.64. The molecule has 1 aromatic heterocycles. The quantitative estimate of drug-likeness (QED) is 0.589. The summed E-state index contributed by atoms with van der Waals surface area (Å²) in [6, 6.07) is 7.83. The molecule has 32 heavy (non-hydrogen) atoms. The number of rotatable bonds is 10. The van der Waals surface area contributed by atoms with E-state index >= 15 is 0 Å². The van der Waals surface area contributed by atoms with Gasteiger partial charge in [-0.15, -0.1) is 0 Å². The van der Waals surface area contributed by atoms with E-state index < -0.39 is 0 Å². The molecule has 3 rings (SSSR count). The fourth-order valence-corrected chi connectivity index (χ4v) is 3.84. The highest BCUT2D eigenvalue weighted by Crippen LogP contribution is 2.26. The van der Waals surface area contributed by atoms with Crippen LogP contribution in [-0.2, 0) is 14.3 Å². The summed E-state index contributed by atoms with van der Waals surface area (Å²) < 4.78 is 5.43. The lowest BCUT2D eigenvalue weighted by Gasteiger charge is -2.28. The zero-order valence-corrected chi connectivity index (χ0v) is 19.4. The number of carbonyl (C=O) groups excluding carboxylic acids is 2. The van der Waals surface area contributed by atoms with Crippen molar-refractivity contribution >= 4 is 34.2 Å². The van der Waals surface area contributed by atoms with Crippen LogP contribution < -0.4 is 15.5 Å². The summed E-state index contributed by atoms with van der Waals surface area (Å²) in [6.45, 7) is 12.7. The van der Waals surface area contributed by atoms with E-state index in [4.69, 9.17) is 9.72 Å². The summed E-state index contributed by atoms with van der Waals surface area (Å²) in [4.78, 5) is 33.6. The standard InChI is InChI=1S/C24H35N5O3/c1-4-28(5-2)11-10-25-23(30)8-9-24(31)26-19-6-7-21-20(17-19)18(3)16-22(27-21)29-12-14-32-15-13-29/h6-7,16-17H,4-5,8-15H2,1-3H3,(H,25,30)(H,26,31). The number of nitrogens with one attached hydrogen (secondary N) is 2. The number of likely N-dealkylation sites (N-methyl/N-ethyl adjacent to an activating group) is 1. The number of pyridine rings is 1. The number of anilines is 2. The Balaban J connectivity index is 1.52. The van der Waals surface area contributed by atoms with Crippen LogP contribution in [0.5, 0.6) is 0 Å². The molecule has 1 aliphatic rings. The van der Waals surface area contributed by atoms with Crippen LogP contribution in [0.3, 0.4) is 0 Å². The average Bonchev–Trinajstić information content (AvgIpc) is 2.81. The molecular formula is C24H35N5O3. The van der Waals surface area contributed by atoms with Crippen molar-refractivity contribution in [1.29, 1.82) is 0 Å². The highest BCUT2D eigenvalue weighted by atomic mass is 16.5. The second-order valence-electron chi connectivity index (χ2n) is 8.05. The molecule has 2 heterocycles. The summed E-state index contributed by atoms with van der Waals surface area (Å²) >= 11 is 0. The van der Waals surface area contributed by atoms with E-state index in [0.29, 0.717) is 12.2 Å². The van der Waals surface area contributed by atoms with Gasteiger partial charge in [0.25, 0.3) is 0 Å². The van der Waals surface area contributed by atoms with Gasteiger partial charge in [0.2, 0.25) is 11.8 Å². The number of fused-ring (bicyclic) bond motifs is 1. The largest absolute Gasteiger partial charge is 0.378 e. The van der Waals surface area contributed by atoms with Crippen LogP contribution in [0.15, 0.2) is 24.3 Å². The number of aryl methyl sites for hydroxylation is 1. The minimum atomic E-state index is -0.168. The summed E-state index contributed by atoms with van der Waals surface area (Å²) in [5, 5.41) is 6.80. The Morgan fingerprint density at radius 2 is 1.81 bits per heavy atom. The highest BCUT2D eigenvalue weighted by Gasteiger charge is 2.15. The Labute approximate surface area is 190 Å². The van der Waals surface area contributed by atoms with Crippen LogP contribution in [-0.4, -0.2) is 74.2 Å². The molecule has 1 aliphatic heterocycles. The predicted octanol–water partition coefficient (Wildman–Crippen LogP) is 2.56. The van der Waals surface area contributed by atoms with Gasteiger partial charge in [0.15, 0.2) is 0 Å². The molecule has 0 saturated carbocycles. The van der Waals surface area contributed by atoms with Gasteiger partial charge >= 0.3 is 0 Å². The van der Waals surface area contributed by atoms with Gasteiger partial charge in [-0.25, -0.2) is 4.98 Å². The molecule has 0 aliphatic carbocycles. The Morgan fingerprint density at radius 3 is 2.53 bits per heavy atom. The van der Waals surface area contributed by atoms with Gasteiger partial charge in [-0.3, -0.25) is 9.59 Å². The highest BCUT2D eigenvalue weighted by molar-refractivity contribution is 5.96. The van der Waals surface area contributed by atoms with E-state index in [0.717, 1.165) is 68.2 Å². The van der Waals surface area contributed by atoms with Crippen molar-refractivity contribution in [2.24, 2.45) is 0 Å². The third-order valence-electron chi connectivity index (χ3n) is 5.84. The maximum absolute atomic E-state index is 12.3. The Morgan fingerprint density at radius 1 is 1.09 bits per heavy atom. The first-order valence-electron chi connectivity index (χ1n) is 11.5. The molecule has 1 aromatic carbocycles. The number of aromatic nitrogens is 1. The van der Waals surface area contributed by atoms with E-state index in [1.807, 2.05) is 18.2 Å². The zero-order valence-electron chi connectivity index (χ0n) is 19.4. The van der Waals surface area contributed by atoms with E-state index in [1.54, 1.807) is 0 Å². The van der Waals surface area contributed by atoms with Gasteiger partial charge in [0, 0.05) is 50.1 Å². The summed E-state index contributed by atoms with van der Waals surface area (Å²) in [6.07, 6.45) is 0.337. The lowest BCUT2D eigenvalue weighted by Crippen LogP contribution is -2.36. The number of hydrogen-bond acceptors (Lipinski definition) is 6. The first-order chi connectivity index (χ1) is 15.5. The number of hydrogen-bond donors (Lipinski definition) is 2. The van der Waals surface area contributed by atoms with E-state index in [-0.39, 0.29) is 24.7 Å². The van der Waals surface area contributed by atoms with Gasteiger partial charge in [-0.05, 0) is 49.8 Å². The minimum absolute atomic E-state index is 0.0958. The number of benzene rings is 1. The predicted molar refractivity (Wildman–Crippen MR) is 128 cm³/mol. The van der Waals surface area contributed by atoms with Gasteiger partial charge < -0.3 is 25.2 Å². The second kappa shape index (κ2) is 11.8. The first-order valence-corrected chi connectivity index (χ1v) is 11.5. The lowest BCUT2D eigenvalue weighted by molar-refractivity contribution is -0.124. The van der Waals surface area contributed by atoms with Gasteiger partial charge in [-0.1, -0.05) is 13.8 Å².